The molecule has 0 N–H and O–H groups in total. The summed E-state index contributed by atoms with van der Waals surface area (Å²) in [6.45, 7) is 11.1. The molecule has 1 atom stereocenters. The van der Waals surface area contributed by atoms with Crippen LogP contribution in [0.4, 0.5) is 0 Å². The molecular formula is C16H20O. The van der Waals surface area contributed by atoms with Crippen LogP contribution in [0.15, 0.2) is 48.6 Å². The number of hydrogen-bond donors (Lipinski definition) is 0. The molecule has 17 heavy (non-hydrogen) atoms. The summed E-state index contributed by atoms with van der Waals surface area (Å²) < 4.78 is 5.92. The fourth-order valence-corrected chi connectivity index (χ4v) is 2.43. The molecule has 0 bridgehead atoms. The van der Waals surface area contributed by atoms with Crippen molar-refractivity contribution in [1.82, 2.24) is 0 Å². The molecule has 1 aromatic carbocycles. The van der Waals surface area contributed by atoms with Crippen molar-refractivity contribution in [2.75, 3.05) is 6.61 Å². The number of ether oxygens (including phenoxy) is 1. The average Bonchev–Trinajstić information content (AvgIpc) is 2.65. The summed E-state index contributed by atoms with van der Waals surface area (Å²) in [5, 5.41) is 0. The van der Waals surface area contributed by atoms with Crippen LogP contribution in [-0.2, 0) is 4.74 Å². The highest BCUT2D eigenvalue weighted by Gasteiger charge is 2.35. The van der Waals surface area contributed by atoms with Crippen LogP contribution in [0.2, 0.25) is 0 Å². The van der Waals surface area contributed by atoms with Crippen molar-refractivity contribution < 1.29 is 4.74 Å². The Morgan fingerprint density at radius 1 is 1.29 bits per heavy atom. The number of benzene rings is 1. The first-order valence-electron chi connectivity index (χ1n) is 6.11. The largest absolute Gasteiger partial charge is 0.366 e. The van der Waals surface area contributed by atoms with Crippen LogP contribution in [0.5, 0.6) is 0 Å². The molecule has 1 aliphatic heterocycles. The Kier molecular flexibility index (Phi) is 3.21. The van der Waals surface area contributed by atoms with Crippen molar-refractivity contribution in [2.45, 2.75) is 26.4 Å². The molecule has 0 fully saturated rings. The molecule has 2 rings (SSSR count). The minimum absolute atomic E-state index is 0.200. The smallest absolute Gasteiger partial charge is 0.0886 e. The van der Waals surface area contributed by atoms with Crippen LogP contribution in [0, 0.1) is 5.92 Å². The van der Waals surface area contributed by atoms with Crippen LogP contribution in [0.1, 0.15) is 26.3 Å². The third kappa shape index (κ3) is 2.20. The summed E-state index contributed by atoms with van der Waals surface area (Å²) in [6, 6.07) is 10.5. The van der Waals surface area contributed by atoms with Gasteiger partial charge in [-0.05, 0) is 36.5 Å². The second-order valence-electron chi connectivity index (χ2n) is 5.09. The molecule has 1 nitrogen and oxygen atoms in total. The first kappa shape index (κ1) is 12.1. The lowest BCUT2D eigenvalue weighted by molar-refractivity contribution is 0.0603. The van der Waals surface area contributed by atoms with Gasteiger partial charge in [0.2, 0.25) is 0 Å². The summed E-state index contributed by atoms with van der Waals surface area (Å²) in [5.74, 6) is 0.368. The topological polar surface area (TPSA) is 9.23 Å². The van der Waals surface area contributed by atoms with Crippen LogP contribution in [-0.4, -0.2) is 12.2 Å². The van der Waals surface area contributed by atoms with Gasteiger partial charge in [0.15, 0.2) is 0 Å². The summed E-state index contributed by atoms with van der Waals surface area (Å²) in [5.41, 5.74) is 3.74. The molecule has 1 aliphatic rings. The zero-order chi connectivity index (χ0) is 12.5. The molecule has 0 saturated carbocycles. The molecule has 0 radical (unpaired) electrons. The van der Waals surface area contributed by atoms with Gasteiger partial charge in [-0.3, -0.25) is 0 Å². The van der Waals surface area contributed by atoms with E-state index >= 15 is 0 Å². The predicted octanol–water partition coefficient (Wildman–Crippen LogP) is 4.07. The highest BCUT2D eigenvalue weighted by Crippen LogP contribution is 2.41. The zero-order valence-corrected chi connectivity index (χ0v) is 10.9. The Balaban J connectivity index is 2.54. The Hall–Kier alpha value is -1.34. The van der Waals surface area contributed by atoms with E-state index in [2.05, 4.69) is 51.6 Å². The molecule has 1 heteroatoms. The molecule has 1 heterocycles. The molecular weight excluding hydrogens is 208 g/mol. The van der Waals surface area contributed by atoms with Crippen molar-refractivity contribution in [1.29, 1.82) is 0 Å². The predicted molar refractivity (Wildman–Crippen MR) is 72.8 cm³/mol. The first-order valence-corrected chi connectivity index (χ1v) is 6.11. The summed E-state index contributed by atoms with van der Waals surface area (Å²) in [4.78, 5) is 0. The van der Waals surface area contributed by atoms with Gasteiger partial charge in [-0.2, -0.15) is 0 Å². The number of rotatable bonds is 3. The van der Waals surface area contributed by atoms with E-state index in [0.29, 0.717) is 12.5 Å². The summed E-state index contributed by atoms with van der Waals surface area (Å²) in [7, 11) is 0. The highest BCUT2D eigenvalue weighted by molar-refractivity contribution is 5.76. The Morgan fingerprint density at radius 2 is 1.94 bits per heavy atom. The van der Waals surface area contributed by atoms with E-state index in [1.165, 1.54) is 16.7 Å². The van der Waals surface area contributed by atoms with E-state index in [1.54, 1.807) is 0 Å². The Labute approximate surface area is 104 Å². The number of hydrogen-bond acceptors (Lipinski definition) is 1. The normalized spacial score (nSPS) is 20.4. The standard InChI is InChI=1S/C16H20O/c1-5-12(2)14-11-17-16(3,4)15(14)13-9-7-6-8-10-13/h5-10,12H,1,11H2,2-4H3. The lowest BCUT2D eigenvalue weighted by Crippen LogP contribution is -2.21. The molecule has 1 aromatic rings. The van der Waals surface area contributed by atoms with E-state index in [4.69, 9.17) is 4.74 Å². The minimum atomic E-state index is -0.200. The maximum Gasteiger partial charge on any atom is 0.0886 e. The van der Waals surface area contributed by atoms with Gasteiger partial charge in [0.25, 0.3) is 0 Å². The van der Waals surface area contributed by atoms with Crippen LogP contribution in [0.3, 0.4) is 0 Å². The SMILES string of the molecule is C=CC(C)C1=C(c2ccccc2)C(C)(C)OC1. The van der Waals surface area contributed by atoms with Gasteiger partial charge in [-0.15, -0.1) is 6.58 Å². The van der Waals surface area contributed by atoms with Crippen molar-refractivity contribution in [3.05, 3.63) is 54.1 Å². The Bertz CT molecular complexity index is 440. The van der Waals surface area contributed by atoms with E-state index in [9.17, 15) is 0 Å². The van der Waals surface area contributed by atoms with Gasteiger partial charge < -0.3 is 4.74 Å². The average molecular weight is 228 g/mol. The molecule has 90 valence electrons. The van der Waals surface area contributed by atoms with E-state index < -0.39 is 0 Å². The van der Waals surface area contributed by atoms with Crippen molar-refractivity contribution in [3.63, 3.8) is 0 Å². The molecule has 0 aliphatic carbocycles. The fraction of sp³-hybridized carbons (Fsp3) is 0.375. The molecule has 0 aromatic heterocycles. The van der Waals surface area contributed by atoms with Crippen LogP contribution in [0.25, 0.3) is 5.57 Å². The zero-order valence-electron chi connectivity index (χ0n) is 10.9. The summed E-state index contributed by atoms with van der Waals surface area (Å²) >= 11 is 0. The maximum atomic E-state index is 5.92. The van der Waals surface area contributed by atoms with E-state index in [-0.39, 0.29) is 5.60 Å². The second kappa shape index (κ2) is 4.50. The van der Waals surface area contributed by atoms with Gasteiger partial charge in [-0.1, -0.05) is 43.3 Å². The maximum absolute atomic E-state index is 5.92. The number of allylic oxidation sites excluding steroid dienone is 1. The van der Waals surface area contributed by atoms with Gasteiger partial charge in [-0.25, -0.2) is 0 Å². The fourth-order valence-electron chi connectivity index (χ4n) is 2.43. The van der Waals surface area contributed by atoms with Gasteiger partial charge >= 0.3 is 0 Å². The van der Waals surface area contributed by atoms with Gasteiger partial charge in [0, 0.05) is 0 Å². The monoisotopic (exact) mass is 228 g/mol. The lowest BCUT2D eigenvalue weighted by atomic mass is 9.85. The van der Waals surface area contributed by atoms with Crippen molar-refractivity contribution in [2.24, 2.45) is 5.92 Å². The van der Waals surface area contributed by atoms with Crippen molar-refractivity contribution >= 4 is 5.57 Å². The third-order valence-corrected chi connectivity index (χ3v) is 3.48. The van der Waals surface area contributed by atoms with Crippen LogP contribution < -0.4 is 0 Å². The van der Waals surface area contributed by atoms with Gasteiger partial charge in [0.05, 0.1) is 12.2 Å². The van der Waals surface area contributed by atoms with Gasteiger partial charge in [0.1, 0.15) is 0 Å². The van der Waals surface area contributed by atoms with E-state index in [1.807, 2.05) is 12.1 Å². The van der Waals surface area contributed by atoms with E-state index in [0.717, 1.165) is 0 Å². The quantitative estimate of drug-likeness (QED) is 0.709. The third-order valence-electron chi connectivity index (χ3n) is 3.48. The molecule has 0 spiro atoms. The summed E-state index contributed by atoms with van der Waals surface area (Å²) in [6.07, 6.45) is 1.99. The molecule has 0 saturated heterocycles. The van der Waals surface area contributed by atoms with Crippen molar-refractivity contribution in [3.8, 4) is 0 Å². The Morgan fingerprint density at radius 3 is 2.53 bits per heavy atom. The second-order valence-corrected chi connectivity index (χ2v) is 5.09. The highest BCUT2D eigenvalue weighted by atomic mass is 16.5. The molecule has 0 amide bonds. The first-order chi connectivity index (χ1) is 8.06. The van der Waals surface area contributed by atoms with Crippen LogP contribution >= 0.6 is 0 Å². The molecule has 1 unspecified atom stereocenters. The minimum Gasteiger partial charge on any atom is -0.366 e. The lowest BCUT2D eigenvalue weighted by Gasteiger charge is -2.23.